The van der Waals surface area contributed by atoms with Crippen LogP contribution in [0, 0.1) is 5.92 Å². The molecule has 1 saturated heterocycles. The van der Waals surface area contributed by atoms with Gasteiger partial charge >= 0.3 is 0 Å². The number of amides is 1. The summed E-state index contributed by atoms with van der Waals surface area (Å²) >= 11 is 0. The average Bonchev–Trinajstić information content (AvgIpc) is 2.85. The van der Waals surface area contributed by atoms with E-state index in [1.165, 1.54) is 17.7 Å². The van der Waals surface area contributed by atoms with Crippen LogP contribution in [0.5, 0.6) is 0 Å². The van der Waals surface area contributed by atoms with Gasteiger partial charge in [-0.25, -0.2) is 8.42 Å². The Kier molecular flexibility index (Phi) is 7.60. The summed E-state index contributed by atoms with van der Waals surface area (Å²) in [5.41, 5.74) is 2.23. The number of nitrogens with zero attached hydrogens (tertiary/aromatic N) is 1. The first-order valence-corrected chi connectivity index (χ1v) is 14.2. The number of carbonyl (C=O) groups excluding carboxylic acids is 1. The van der Waals surface area contributed by atoms with Crippen molar-refractivity contribution < 1.29 is 17.4 Å². The lowest BCUT2D eigenvalue weighted by atomic mass is 9.91. The molecule has 0 aliphatic carbocycles. The molecule has 3 aromatic carbocycles. The number of piperidine rings is 1. The van der Waals surface area contributed by atoms with Crippen molar-refractivity contribution in [2.75, 3.05) is 24.7 Å². The molecule has 8 heteroatoms. The van der Waals surface area contributed by atoms with Gasteiger partial charge in [-0.3, -0.25) is 9.00 Å². The first-order chi connectivity index (χ1) is 16.3. The molecule has 0 bridgehead atoms. The fraction of sp³-hybridized carbons (Fsp3) is 0.269. The zero-order valence-electron chi connectivity index (χ0n) is 19.0. The molecule has 0 radical (unpaired) electrons. The molecule has 34 heavy (non-hydrogen) atoms. The van der Waals surface area contributed by atoms with Gasteiger partial charge in [0.1, 0.15) is 0 Å². The Morgan fingerprint density at radius 2 is 1.56 bits per heavy atom. The third-order valence-corrected chi connectivity index (χ3v) is 8.99. The second-order valence-corrected chi connectivity index (χ2v) is 11.8. The van der Waals surface area contributed by atoms with Crippen molar-refractivity contribution >= 4 is 32.4 Å². The van der Waals surface area contributed by atoms with E-state index in [-0.39, 0.29) is 10.8 Å². The van der Waals surface area contributed by atoms with E-state index in [1.807, 2.05) is 18.2 Å². The third kappa shape index (κ3) is 5.81. The van der Waals surface area contributed by atoms with Gasteiger partial charge < -0.3 is 5.32 Å². The molecule has 4 rings (SSSR count). The molecule has 1 unspecified atom stereocenters. The van der Waals surface area contributed by atoms with Crippen LogP contribution < -0.4 is 5.32 Å². The van der Waals surface area contributed by atoms with Gasteiger partial charge in [-0.2, -0.15) is 4.31 Å². The van der Waals surface area contributed by atoms with Gasteiger partial charge in [0.05, 0.1) is 4.90 Å². The SMILES string of the molecule is CS(=O)c1ccc(C(=O)Nc2ccc(S(=O)(=O)N3CCC(Cc4ccccc4)CC3)cc2)cc1. The Hall–Kier alpha value is -2.81. The van der Waals surface area contributed by atoms with Crippen molar-refractivity contribution in [1.29, 1.82) is 0 Å². The number of nitrogens with one attached hydrogen (secondary N) is 1. The molecule has 0 aromatic heterocycles. The lowest BCUT2D eigenvalue weighted by Crippen LogP contribution is -2.38. The van der Waals surface area contributed by atoms with Crippen LogP contribution in [0.1, 0.15) is 28.8 Å². The minimum Gasteiger partial charge on any atom is -0.322 e. The highest BCUT2D eigenvalue weighted by atomic mass is 32.2. The van der Waals surface area contributed by atoms with E-state index >= 15 is 0 Å². The highest BCUT2D eigenvalue weighted by Gasteiger charge is 2.29. The summed E-state index contributed by atoms with van der Waals surface area (Å²) in [5.74, 6) is 0.169. The highest BCUT2D eigenvalue weighted by Crippen LogP contribution is 2.27. The summed E-state index contributed by atoms with van der Waals surface area (Å²) in [5, 5.41) is 2.77. The molecule has 178 valence electrons. The number of rotatable bonds is 7. The number of sulfonamides is 1. The van der Waals surface area contributed by atoms with Gasteiger partial charge in [-0.05, 0) is 79.3 Å². The van der Waals surface area contributed by atoms with E-state index in [1.54, 1.807) is 47.0 Å². The van der Waals surface area contributed by atoms with E-state index < -0.39 is 20.8 Å². The fourth-order valence-electron chi connectivity index (χ4n) is 4.16. The van der Waals surface area contributed by atoms with E-state index in [9.17, 15) is 17.4 Å². The van der Waals surface area contributed by atoms with Crippen LogP contribution in [-0.2, 0) is 27.2 Å². The lowest BCUT2D eigenvalue weighted by molar-refractivity contribution is 0.102. The van der Waals surface area contributed by atoms with Crippen LogP contribution in [0.25, 0.3) is 0 Å². The Bertz CT molecular complexity index is 1250. The summed E-state index contributed by atoms with van der Waals surface area (Å²) in [6.07, 6.45) is 4.24. The van der Waals surface area contributed by atoms with Gasteiger partial charge in [-0.15, -0.1) is 0 Å². The van der Waals surface area contributed by atoms with Crippen molar-refractivity contribution in [3.05, 3.63) is 90.0 Å². The van der Waals surface area contributed by atoms with Crippen molar-refractivity contribution in [3.8, 4) is 0 Å². The van der Waals surface area contributed by atoms with Crippen molar-refractivity contribution in [2.24, 2.45) is 5.92 Å². The molecule has 3 aromatic rings. The summed E-state index contributed by atoms with van der Waals surface area (Å²) in [6.45, 7) is 1.02. The predicted octanol–water partition coefficient (Wildman–Crippen LogP) is 4.32. The van der Waals surface area contributed by atoms with Crippen molar-refractivity contribution in [1.82, 2.24) is 4.31 Å². The average molecular weight is 497 g/mol. The third-order valence-electron chi connectivity index (χ3n) is 6.14. The molecule has 1 aliphatic heterocycles. The highest BCUT2D eigenvalue weighted by molar-refractivity contribution is 7.89. The van der Waals surface area contributed by atoms with Crippen LogP contribution in [0.3, 0.4) is 0 Å². The van der Waals surface area contributed by atoms with Crippen molar-refractivity contribution in [2.45, 2.75) is 29.1 Å². The fourth-order valence-corrected chi connectivity index (χ4v) is 6.15. The van der Waals surface area contributed by atoms with Gasteiger partial charge in [0, 0.05) is 46.3 Å². The zero-order valence-corrected chi connectivity index (χ0v) is 20.6. The maximum atomic E-state index is 13.1. The molecule has 0 spiro atoms. The first-order valence-electron chi connectivity index (χ1n) is 11.2. The second-order valence-electron chi connectivity index (χ2n) is 8.49. The van der Waals surface area contributed by atoms with Crippen molar-refractivity contribution in [3.63, 3.8) is 0 Å². The minimum absolute atomic E-state index is 0.224. The molecular weight excluding hydrogens is 468 g/mol. The first kappa shape index (κ1) is 24.3. The Morgan fingerprint density at radius 3 is 2.15 bits per heavy atom. The standard InChI is InChI=1S/C26H28N2O4S2/c1-33(30)24-11-7-22(8-12-24)26(29)27-23-9-13-25(14-10-23)34(31,32)28-17-15-21(16-18-28)19-20-5-3-2-4-6-20/h2-14,21H,15-19H2,1H3,(H,27,29). The van der Waals surface area contributed by atoms with E-state index in [4.69, 9.17) is 0 Å². The maximum absolute atomic E-state index is 13.1. The normalized spacial score (nSPS) is 16.1. The van der Waals surface area contributed by atoms with Gasteiger partial charge in [0.15, 0.2) is 0 Å². The molecule has 1 aliphatic rings. The van der Waals surface area contributed by atoms with Crippen LogP contribution >= 0.6 is 0 Å². The molecule has 1 amide bonds. The largest absolute Gasteiger partial charge is 0.322 e. The topological polar surface area (TPSA) is 83.5 Å². The van der Waals surface area contributed by atoms with E-state index in [0.29, 0.717) is 35.2 Å². The number of hydrogen-bond donors (Lipinski definition) is 1. The molecule has 1 fully saturated rings. The number of hydrogen-bond acceptors (Lipinski definition) is 4. The minimum atomic E-state index is -3.58. The summed E-state index contributed by atoms with van der Waals surface area (Å²) in [7, 11) is -4.68. The van der Waals surface area contributed by atoms with Gasteiger partial charge in [0.25, 0.3) is 5.91 Å². The molecular formula is C26H28N2O4S2. The van der Waals surface area contributed by atoms with Crippen LogP contribution in [0.2, 0.25) is 0 Å². The van der Waals surface area contributed by atoms with Crippen LogP contribution in [-0.4, -0.2) is 42.2 Å². The molecule has 1 heterocycles. The predicted molar refractivity (Wildman–Crippen MR) is 135 cm³/mol. The number of benzene rings is 3. The molecule has 0 saturated carbocycles. The second kappa shape index (κ2) is 10.6. The van der Waals surface area contributed by atoms with Crippen LogP contribution in [0.4, 0.5) is 5.69 Å². The van der Waals surface area contributed by atoms with Crippen LogP contribution in [0.15, 0.2) is 88.7 Å². The maximum Gasteiger partial charge on any atom is 0.255 e. The Labute approximate surface area is 203 Å². The zero-order chi connectivity index (χ0) is 24.1. The molecule has 1 N–H and O–H groups in total. The van der Waals surface area contributed by atoms with E-state index in [2.05, 4.69) is 17.4 Å². The van der Waals surface area contributed by atoms with E-state index in [0.717, 1.165) is 19.3 Å². The van der Waals surface area contributed by atoms with Gasteiger partial charge in [-0.1, -0.05) is 30.3 Å². The Balaban J connectivity index is 1.35. The molecule has 6 nitrogen and oxygen atoms in total. The lowest BCUT2D eigenvalue weighted by Gasteiger charge is -2.31. The number of carbonyl (C=O) groups is 1. The van der Waals surface area contributed by atoms with Gasteiger partial charge in [0.2, 0.25) is 10.0 Å². The Morgan fingerprint density at radius 1 is 0.941 bits per heavy atom. The summed E-state index contributed by atoms with van der Waals surface area (Å²) in [6, 6.07) is 23.1. The summed E-state index contributed by atoms with van der Waals surface area (Å²) in [4.78, 5) is 13.3. The quantitative estimate of drug-likeness (QED) is 0.528. The smallest absolute Gasteiger partial charge is 0.255 e. The summed E-state index contributed by atoms with van der Waals surface area (Å²) < 4.78 is 39.3. The molecule has 1 atom stereocenters. The number of anilines is 1. The monoisotopic (exact) mass is 496 g/mol.